The van der Waals surface area contributed by atoms with Gasteiger partial charge in [-0.1, -0.05) is 224 Å². The maximum atomic E-state index is 2.57. The highest BCUT2D eigenvalue weighted by atomic mass is 15.1. The van der Waals surface area contributed by atoms with E-state index in [1.54, 1.807) is 0 Å². The van der Waals surface area contributed by atoms with Crippen LogP contribution in [0.5, 0.6) is 0 Å². The lowest BCUT2D eigenvalue weighted by Crippen LogP contribution is -2.43. The zero-order chi connectivity index (χ0) is 50.0. The van der Waals surface area contributed by atoms with Crippen LogP contribution < -0.4 is 4.90 Å². The molecular formula is C74H48N2. The van der Waals surface area contributed by atoms with Crippen molar-refractivity contribution in [2.45, 2.75) is 10.8 Å². The Morgan fingerprint density at radius 3 is 1.22 bits per heavy atom. The summed E-state index contributed by atoms with van der Waals surface area (Å²) in [6.45, 7) is 0. The lowest BCUT2D eigenvalue weighted by molar-refractivity contribution is 0.633. The van der Waals surface area contributed by atoms with Crippen LogP contribution in [0.2, 0.25) is 0 Å². The third kappa shape index (κ3) is 5.81. The number of fused-ring (bicyclic) bond motifs is 19. The van der Waals surface area contributed by atoms with Crippen molar-refractivity contribution in [2.24, 2.45) is 0 Å². The third-order valence-electron chi connectivity index (χ3n) is 17.0. The highest BCUT2D eigenvalue weighted by Crippen LogP contribution is 2.67. The summed E-state index contributed by atoms with van der Waals surface area (Å²) >= 11 is 0. The highest BCUT2D eigenvalue weighted by molar-refractivity contribution is 6.11. The minimum absolute atomic E-state index is 0.542. The summed E-state index contributed by atoms with van der Waals surface area (Å²) in [5.74, 6) is 0. The van der Waals surface area contributed by atoms with Crippen molar-refractivity contribution >= 4 is 38.9 Å². The predicted octanol–water partition coefficient (Wildman–Crippen LogP) is 18.6. The molecule has 354 valence electrons. The Balaban J connectivity index is 0.944. The second-order valence-electron chi connectivity index (χ2n) is 20.7. The van der Waals surface area contributed by atoms with Gasteiger partial charge in [-0.15, -0.1) is 0 Å². The van der Waals surface area contributed by atoms with E-state index in [0.717, 1.165) is 28.3 Å². The Bertz CT molecular complexity index is 4390. The molecule has 2 heteroatoms. The average molecular weight is 965 g/mol. The van der Waals surface area contributed by atoms with E-state index >= 15 is 0 Å². The van der Waals surface area contributed by atoms with Gasteiger partial charge in [-0.2, -0.15) is 0 Å². The van der Waals surface area contributed by atoms with Crippen molar-refractivity contribution in [2.75, 3.05) is 4.90 Å². The van der Waals surface area contributed by atoms with Crippen LogP contribution in [0.25, 0.3) is 72.0 Å². The minimum atomic E-state index is -0.581. The Labute approximate surface area is 442 Å². The molecule has 3 aliphatic carbocycles. The molecule has 0 bridgehead atoms. The van der Waals surface area contributed by atoms with Gasteiger partial charge in [0.25, 0.3) is 0 Å². The molecule has 0 radical (unpaired) electrons. The molecule has 76 heavy (non-hydrogen) atoms. The van der Waals surface area contributed by atoms with Crippen LogP contribution >= 0.6 is 0 Å². The molecule has 0 saturated heterocycles. The number of para-hydroxylation sites is 2. The van der Waals surface area contributed by atoms with Crippen molar-refractivity contribution in [3.8, 4) is 50.2 Å². The fourth-order valence-corrected chi connectivity index (χ4v) is 14.1. The van der Waals surface area contributed by atoms with Gasteiger partial charge in [0.1, 0.15) is 0 Å². The van der Waals surface area contributed by atoms with Crippen LogP contribution in [-0.4, -0.2) is 4.57 Å². The Kier molecular flexibility index (Phi) is 9.20. The number of benzene rings is 12. The molecule has 0 amide bonds. The topological polar surface area (TPSA) is 8.17 Å². The maximum Gasteiger partial charge on any atom is 0.0720 e. The van der Waals surface area contributed by atoms with Gasteiger partial charge < -0.3 is 9.47 Å². The van der Waals surface area contributed by atoms with Gasteiger partial charge >= 0.3 is 0 Å². The first-order chi connectivity index (χ1) is 37.7. The molecule has 0 aliphatic heterocycles. The molecule has 13 aromatic rings. The number of hydrogen-bond acceptors (Lipinski definition) is 1. The molecule has 2 nitrogen and oxygen atoms in total. The van der Waals surface area contributed by atoms with Crippen molar-refractivity contribution in [1.29, 1.82) is 0 Å². The van der Waals surface area contributed by atoms with Crippen LogP contribution in [0.15, 0.2) is 291 Å². The molecule has 1 aromatic heterocycles. The molecule has 0 unspecified atom stereocenters. The fourth-order valence-electron chi connectivity index (χ4n) is 14.1. The molecule has 12 aromatic carbocycles. The Morgan fingerprint density at radius 1 is 0.237 bits per heavy atom. The van der Waals surface area contributed by atoms with Crippen LogP contribution in [-0.2, 0) is 10.8 Å². The normalized spacial score (nSPS) is 13.7. The summed E-state index contributed by atoms with van der Waals surface area (Å²) in [6.07, 6.45) is 0. The van der Waals surface area contributed by atoms with Gasteiger partial charge in [-0.25, -0.2) is 0 Å². The van der Waals surface area contributed by atoms with E-state index in [0.29, 0.717) is 0 Å². The quantitative estimate of drug-likeness (QED) is 0.161. The molecule has 3 aliphatic rings. The summed E-state index contributed by atoms with van der Waals surface area (Å²) in [7, 11) is 0. The molecule has 0 fully saturated rings. The minimum Gasteiger partial charge on any atom is -0.310 e. The lowest BCUT2D eigenvalue weighted by atomic mass is 9.52. The molecule has 16 rings (SSSR count). The Morgan fingerprint density at radius 2 is 0.645 bits per heavy atom. The van der Waals surface area contributed by atoms with Crippen molar-refractivity contribution in [3.63, 3.8) is 0 Å². The van der Waals surface area contributed by atoms with Crippen LogP contribution in [0.1, 0.15) is 44.5 Å². The van der Waals surface area contributed by atoms with E-state index in [1.807, 2.05) is 0 Å². The molecular weight excluding hydrogens is 917 g/mol. The van der Waals surface area contributed by atoms with Gasteiger partial charge in [-0.3, -0.25) is 0 Å². The molecule has 0 saturated carbocycles. The van der Waals surface area contributed by atoms with E-state index in [2.05, 4.69) is 301 Å². The van der Waals surface area contributed by atoms with Crippen molar-refractivity contribution < 1.29 is 0 Å². The first-order valence-corrected chi connectivity index (χ1v) is 26.5. The summed E-state index contributed by atoms with van der Waals surface area (Å²) in [6, 6.07) is 109. The SMILES string of the molecule is c1ccc(-c2cccc(N(c3cccc(-c4ccc5c(c4)C4(c6ccccc6-c6ccccc64)c4ccccc4C54c5ccccc5-c5ccccc54)c3)c3ccc4c(c3)c3ccccc3n4-c3ccccc3)c2)cc1. The van der Waals surface area contributed by atoms with Gasteiger partial charge in [-0.05, 0) is 156 Å². The smallest absolute Gasteiger partial charge is 0.0720 e. The molecule has 1 heterocycles. The molecule has 2 spiro atoms. The van der Waals surface area contributed by atoms with Crippen LogP contribution in [0.4, 0.5) is 17.1 Å². The summed E-state index contributed by atoms with van der Waals surface area (Å²) in [5.41, 5.74) is 26.2. The number of hydrogen-bond donors (Lipinski definition) is 0. The number of nitrogens with zero attached hydrogens (tertiary/aromatic N) is 2. The van der Waals surface area contributed by atoms with Crippen LogP contribution in [0.3, 0.4) is 0 Å². The fraction of sp³-hybridized carbons (Fsp3) is 0.0270. The first kappa shape index (κ1) is 42.7. The average Bonchev–Trinajstić information content (AvgIpc) is 4.29. The van der Waals surface area contributed by atoms with Gasteiger partial charge in [0.2, 0.25) is 0 Å². The zero-order valence-corrected chi connectivity index (χ0v) is 41.6. The zero-order valence-electron chi connectivity index (χ0n) is 41.6. The van der Waals surface area contributed by atoms with E-state index in [4.69, 9.17) is 0 Å². The second kappa shape index (κ2) is 16.4. The molecule has 0 N–H and O–H groups in total. The van der Waals surface area contributed by atoms with Gasteiger partial charge in [0.15, 0.2) is 0 Å². The highest BCUT2D eigenvalue weighted by Gasteiger charge is 2.59. The number of aromatic nitrogens is 1. The molecule has 0 atom stereocenters. The van der Waals surface area contributed by atoms with Crippen molar-refractivity contribution in [1.82, 2.24) is 4.57 Å². The van der Waals surface area contributed by atoms with E-state index in [-0.39, 0.29) is 0 Å². The summed E-state index contributed by atoms with van der Waals surface area (Å²) < 4.78 is 2.39. The standard InChI is InChI=1S/C74H48N2/c1-3-21-49(22-4-1)50-23-19-27-54(45-50)75(56-42-44-72-62(48-56)61-33-11-18-40-71(61)76(72)53-25-5-2-6-26-53)55-28-20-24-51(46-55)52-41-43-69-70(47-52)74(65-36-14-9-31-59(65)60-32-10-15-37-66(60)74)68-39-17-16-38-67(68)73(69)63-34-12-7-29-57(63)58-30-8-13-35-64(58)73/h1-48H. The predicted molar refractivity (Wildman–Crippen MR) is 315 cm³/mol. The second-order valence-corrected chi connectivity index (χ2v) is 20.7. The number of rotatable bonds is 6. The lowest BCUT2D eigenvalue weighted by Gasteiger charge is -2.49. The monoisotopic (exact) mass is 964 g/mol. The van der Waals surface area contributed by atoms with E-state index in [9.17, 15) is 0 Å². The van der Waals surface area contributed by atoms with E-state index < -0.39 is 10.8 Å². The summed E-state index contributed by atoms with van der Waals surface area (Å²) in [4.78, 5) is 2.45. The third-order valence-corrected chi connectivity index (χ3v) is 17.0. The summed E-state index contributed by atoms with van der Waals surface area (Å²) in [5, 5.41) is 2.43. The maximum absolute atomic E-state index is 2.57. The largest absolute Gasteiger partial charge is 0.310 e. The number of anilines is 3. The first-order valence-electron chi connectivity index (χ1n) is 26.5. The van der Waals surface area contributed by atoms with Gasteiger partial charge in [0, 0.05) is 33.5 Å². The van der Waals surface area contributed by atoms with Gasteiger partial charge in [0.05, 0.1) is 21.9 Å². The van der Waals surface area contributed by atoms with E-state index in [1.165, 1.54) is 105 Å². The van der Waals surface area contributed by atoms with Crippen LogP contribution in [0, 0.1) is 0 Å². The Hall–Kier alpha value is -9.76. The van der Waals surface area contributed by atoms with Crippen molar-refractivity contribution in [3.05, 3.63) is 336 Å².